The molecule has 0 atom stereocenters. The van der Waals surface area contributed by atoms with Crippen molar-refractivity contribution in [2.45, 2.75) is 6.92 Å². The molecule has 6 nitrogen and oxygen atoms in total. The summed E-state index contributed by atoms with van der Waals surface area (Å²) < 4.78 is 1.60. The van der Waals surface area contributed by atoms with Crippen LogP contribution in [0.1, 0.15) is 16.1 Å². The summed E-state index contributed by atoms with van der Waals surface area (Å²) in [5, 5.41) is 14.3. The number of hydrogen-bond donors (Lipinski definition) is 2. The van der Waals surface area contributed by atoms with Crippen molar-refractivity contribution in [3.8, 4) is 11.3 Å². The Bertz CT molecular complexity index is 848. The Morgan fingerprint density at radius 3 is 2.67 bits per heavy atom. The average Bonchev–Trinajstić information content (AvgIpc) is 2.78. The van der Waals surface area contributed by atoms with Crippen LogP contribution < -0.4 is 5.73 Å². The first-order valence-corrected chi connectivity index (χ1v) is 6.41. The molecule has 3 rings (SSSR count). The van der Waals surface area contributed by atoms with E-state index in [-0.39, 0.29) is 5.69 Å². The van der Waals surface area contributed by atoms with Gasteiger partial charge in [0.1, 0.15) is 11.5 Å². The predicted octanol–water partition coefficient (Wildman–Crippen LogP) is 2.22. The molecule has 3 aromatic rings. The number of pyridine rings is 1. The normalized spacial score (nSPS) is 11.0. The van der Waals surface area contributed by atoms with E-state index in [1.807, 2.05) is 19.1 Å². The van der Waals surface area contributed by atoms with Gasteiger partial charge in [-0.05, 0) is 24.6 Å². The van der Waals surface area contributed by atoms with Crippen molar-refractivity contribution in [1.82, 2.24) is 14.8 Å². The Morgan fingerprint density at radius 2 is 2.05 bits per heavy atom. The molecule has 106 valence electrons. The summed E-state index contributed by atoms with van der Waals surface area (Å²) in [6.07, 6.45) is 0. The zero-order valence-electron chi connectivity index (χ0n) is 11.7. The van der Waals surface area contributed by atoms with Crippen molar-refractivity contribution in [2.24, 2.45) is 7.05 Å². The molecule has 2 heterocycles. The summed E-state index contributed by atoms with van der Waals surface area (Å²) in [5.74, 6) is -0.474. The molecule has 3 N–H and O–H groups in total. The Morgan fingerprint density at radius 1 is 1.29 bits per heavy atom. The van der Waals surface area contributed by atoms with Crippen molar-refractivity contribution in [1.29, 1.82) is 0 Å². The van der Waals surface area contributed by atoms with Gasteiger partial charge in [0, 0.05) is 24.1 Å². The molecule has 2 aromatic heterocycles. The number of carboxylic acid groups (broad SMARTS) is 1. The molecule has 0 radical (unpaired) electrons. The Balaban J connectivity index is 2.30. The fraction of sp³-hybridized carbons (Fsp3) is 0.133. The molecule has 1 aromatic carbocycles. The number of nitrogen functional groups attached to an aromatic ring is 1. The third-order valence-corrected chi connectivity index (χ3v) is 3.47. The van der Waals surface area contributed by atoms with Gasteiger partial charge < -0.3 is 10.8 Å². The topological polar surface area (TPSA) is 94.0 Å². The van der Waals surface area contributed by atoms with E-state index < -0.39 is 5.97 Å². The smallest absolute Gasteiger partial charge is 0.354 e. The first kappa shape index (κ1) is 13.1. The second-order valence-electron chi connectivity index (χ2n) is 4.91. The maximum Gasteiger partial charge on any atom is 0.354 e. The Hall–Kier alpha value is -2.89. The second kappa shape index (κ2) is 4.59. The predicted molar refractivity (Wildman–Crippen MR) is 80.1 cm³/mol. The minimum Gasteiger partial charge on any atom is -0.477 e. The molecule has 6 heteroatoms. The lowest BCUT2D eigenvalue weighted by molar-refractivity contribution is 0.0691. The highest BCUT2D eigenvalue weighted by Gasteiger charge is 2.13. The van der Waals surface area contributed by atoms with Gasteiger partial charge in [0.2, 0.25) is 0 Å². The van der Waals surface area contributed by atoms with E-state index in [1.54, 1.807) is 23.9 Å². The number of rotatable bonds is 2. The molecule has 0 spiro atoms. The van der Waals surface area contributed by atoms with Crippen LogP contribution in [0.4, 0.5) is 5.82 Å². The Kier molecular flexibility index (Phi) is 2.86. The van der Waals surface area contributed by atoms with Crippen LogP contribution in [0.15, 0.2) is 30.3 Å². The van der Waals surface area contributed by atoms with Crippen molar-refractivity contribution < 1.29 is 9.90 Å². The number of hydrogen-bond acceptors (Lipinski definition) is 4. The third-order valence-electron chi connectivity index (χ3n) is 3.47. The zero-order valence-corrected chi connectivity index (χ0v) is 11.7. The van der Waals surface area contributed by atoms with Gasteiger partial charge >= 0.3 is 5.97 Å². The van der Waals surface area contributed by atoms with Crippen molar-refractivity contribution in [3.05, 3.63) is 41.6 Å². The zero-order chi connectivity index (χ0) is 15.1. The molecule has 0 aliphatic rings. The van der Waals surface area contributed by atoms with Crippen LogP contribution in [-0.4, -0.2) is 25.8 Å². The summed E-state index contributed by atoms with van der Waals surface area (Å²) in [7, 11) is 1.77. The minimum absolute atomic E-state index is 0.0308. The third kappa shape index (κ3) is 2.10. The van der Waals surface area contributed by atoms with E-state index in [9.17, 15) is 4.79 Å². The van der Waals surface area contributed by atoms with Gasteiger partial charge in [0.25, 0.3) is 0 Å². The van der Waals surface area contributed by atoms with Crippen LogP contribution in [0.5, 0.6) is 0 Å². The van der Waals surface area contributed by atoms with Gasteiger partial charge in [0.05, 0.1) is 11.2 Å². The van der Waals surface area contributed by atoms with E-state index in [0.29, 0.717) is 11.3 Å². The van der Waals surface area contributed by atoms with Crippen LogP contribution in [0.2, 0.25) is 0 Å². The number of nitrogens with two attached hydrogens (primary N) is 1. The number of carbonyl (C=O) groups is 1. The number of aromatic carboxylic acids is 1. The Labute approximate surface area is 120 Å². The van der Waals surface area contributed by atoms with Crippen LogP contribution in [0.25, 0.3) is 22.2 Å². The summed E-state index contributed by atoms with van der Waals surface area (Å²) >= 11 is 0. The summed E-state index contributed by atoms with van der Waals surface area (Å²) in [5.41, 5.74) is 9.06. The number of benzene rings is 1. The molecule has 0 saturated carbocycles. The number of aryl methyl sites for hydroxylation is 2. The highest BCUT2D eigenvalue weighted by Crippen LogP contribution is 2.30. The molecule has 0 bridgehead atoms. The fourth-order valence-corrected chi connectivity index (χ4v) is 2.31. The molecular weight excluding hydrogens is 268 g/mol. The van der Waals surface area contributed by atoms with Crippen LogP contribution in [-0.2, 0) is 7.05 Å². The van der Waals surface area contributed by atoms with Gasteiger partial charge in [0.15, 0.2) is 0 Å². The van der Waals surface area contributed by atoms with Crippen molar-refractivity contribution in [3.63, 3.8) is 0 Å². The number of fused-ring (bicyclic) bond motifs is 1. The molecule has 0 aliphatic heterocycles. The van der Waals surface area contributed by atoms with Crippen LogP contribution in [0, 0.1) is 6.92 Å². The molecule has 21 heavy (non-hydrogen) atoms. The second-order valence-corrected chi connectivity index (χ2v) is 4.91. The molecular formula is C15H14N4O2. The monoisotopic (exact) mass is 282 g/mol. The SMILES string of the molecule is Cc1ccc(-c2cc(N)n(C)n2)c2ccc(C(=O)O)nc12. The van der Waals surface area contributed by atoms with E-state index in [2.05, 4.69) is 10.1 Å². The van der Waals surface area contributed by atoms with Crippen LogP contribution in [0.3, 0.4) is 0 Å². The standard InChI is InChI=1S/C15H14N4O2/c1-8-3-4-9(12-7-13(16)19(2)18-12)10-5-6-11(15(20)21)17-14(8)10/h3-7H,16H2,1-2H3,(H,20,21). The largest absolute Gasteiger partial charge is 0.477 e. The van der Waals surface area contributed by atoms with Crippen molar-refractivity contribution in [2.75, 3.05) is 5.73 Å². The van der Waals surface area contributed by atoms with Gasteiger partial charge in [-0.25, -0.2) is 9.78 Å². The van der Waals surface area contributed by atoms with E-state index in [0.717, 1.165) is 22.2 Å². The number of carboxylic acids is 1. The summed E-state index contributed by atoms with van der Waals surface area (Å²) in [6.45, 7) is 1.90. The molecule has 0 aliphatic carbocycles. The molecule has 0 amide bonds. The lowest BCUT2D eigenvalue weighted by Gasteiger charge is -2.07. The van der Waals surface area contributed by atoms with Gasteiger partial charge in [-0.15, -0.1) is 0 Å². The first-order valence-electron chi connectivity index (χ1n) is 6.41. The fourth-order valence-electron chi connectivity index (χ4n) is 2.31. The van der Waals surface area contributed by atoms with Gasteiger partial charge in [-0.2, -0.15) is 5.10 Å². The van der Waals surface area contributed by atoms with E-state index in [4.69, 9.17) is 10.8 Å². The minimum atomic E-state index is -1.04. The summed E-state index contributed by atoms with van der Waals surface area (Å²) in [6, 6.07) is 8.90. The maximum atomic E-state index is 11.1. The average molecular weight is 282 g/mol. The molecule has 0 saturated heterocycles. The quantitative estimate of drug-likeness (QED) is 0.751. The highest BCUT2D eigenvalue weighted by molar-refractivity contribution is 5.98. The maximum absolute atomic E-state index is 11.1. The van der Waals surface area contributed by atoms with Crippen LogP contribution >= 0.6 is 0 Å². The number of aromatic nitrogens is 3. The lowest BCUT2D eigenvalue weighted by atomic mass is 10.0. The van der Waals surface area contributed by atoms with Crippen molar-refractivity contribution >= 4 is 22.7 Å². The molecule has 0 unspecified atom stereocenters. The number of anilines is 1. The van der Waals surface area contributed by atoms with E-state index >= 15 is 0 Å². The van der Waals surface area contributed by atoms with Gasteiger partial charge in [-0.1, -0.05) is 12.1 Å². The van der Waals surface area contributed by atoms with E-state index in [1.165, 1.54) is 6.07 Å². The van der Waals surface area contributed by atoms with Gasteiger partial charge in [-0.3, -0.25) is 4.68 Å². The lowest BCUT2D eigenvalue weighted by Crippen LogP contribution is -2.01. The number of nitrogens with zero attached hydrogens (tertiary/aromatic N) is 3. The first-order chi connectivity index (χ1) is 9.97. The summed E-state index contributed by atoms with van der Waals surface area (Å²) in [4.78, 5) is 15.3. The molecule has 0 fully saturated rings. The highest BCUT2D eigenvalue weighted by atomic mass is 16.4.